The minimum Gasteiger partial charge on any atom is -0.335 e. The summed E-state index contributed by atoms with van der Waals surface area (Å²) in [4.78, 5) is 13.9. The molecule has 96 valence electrons. The van der Waals surface area contributed by atoms with Gasteiger partial charge in [-0.15, -0.1) is 13.2 Å². The van der Waals surface area contributed by atoms with Crippen molar-refractivity contribution in [2.75, 3.05) is 13.1 Å². The minimum atomic E-state index is 0.0655. The fraction of sp³-hybridized carbons (Fsp3) is 0.267. The van der Waals surface area contributed by atoms with Gasteiger partial charge >= 0.3 is 0 Å². The summed E-state index contributed by atoms with van der Waals surface area (Å²) in [6, 6.07) is 7.75. The summed E-state index contributed by atoms with van der Waals surface area (Å²) in [6.07, 6.45) is 3.81. The number of nitrogens with zero attached hydrogens (tertiary/aromatic N) is 1. The molecule has 0 aliphatic heterocycles. The second kappa shape index (κ2) is 7.45. The summed E-state index contributed by atoms with van der Waals surface area (Å²) in [5.74, 6) is 0.0655. The summed E-state index contributed by atoms with van der Waals surface area (Å²) >= 11 is 0. The van der Waals surface area contributed by atoms with Crippen molar-refractivity contribution in [2.24, 2.45) is 5.73 Å². The van der Waals surface area contributed by atoms with Crippen LogP contribution in [0.1, 0.15) is 11.1 Å². The van der Waals surface area contributed by atoms with E-state index in [0.29, 0.717) is 26.1 Å². The van der Waals surface area contributed by atoms with Crippen LogP contribution < -0.4 is 5.73 Å². The maximum Gasteiger partial charge on any atom is 0.227 e. The highest BCUT2D eigenvalue weighted by Gasteiger charge is 2.12. The Kier molecular flexibility index (Phi) is 5.88. The molecule has 3 heteroatoms. The molecule has 3 nitrogen and oxygen atoms in total. The van der Waals surface area contributed by atoms with Gasteiger partial charge in [-0.2, -0.15) is 0 Å². The molecular formula is C15H20N2O. The van der Waals surface area contributed by atoms with Crippen molar-refractivity contribution in [3.63, 3.8) is 0 Å². The highest BCUT2D eigenvalue weighted by atomic mass is 16.2. The van der Waals surface area contributed by atoms with E-state index in [4.69, 9.17) is 5.73 Å². The lowest BCUT2D eigenvalue weighted by molar-refractivity contribution is -0.129. The van der Waals surface area contributed by atoms with E-state index in [9.17, 15) is 4.79 Å². The molecule has 0 aromatic heterocycles. The van der Waals surface area contributed by atoms with Gasteiger partial charge in [0.05, 0.1) is 6.42 Å². The summed E-state index contributed by atoms with van der Waals surface area (Å²) in [5.41, 5.74) is 7.67. The van der Waals surface area contributed by atoms with Crippen molar-refractivity contribution in [1.82, 2.24) is 4.90 Å². The Morgan fingerprint density at radius 2 is 1.72 bits per heavy atom. The first kappa shape index (κ1) is 14.2. The predicted molar refractivity (Wildman–Crippen MR) is 75.0 cm³/mol. The highest BCUT2D eigenvalue weighted by molar-refractivity contribution is 5.79. The van der Waals surface area contributed by atoms with Gasteiger partial charge in [0.1, 0.15) is 0 Å². The molecule has 0 spiro atoms. The third kappa shape index (κ3) is 3.86. The molecule has 0 saturated carbocycles. The monoisotopic (exact) mass is 244 g/mol. The number of carbonyl (C=O) groups is 1. The normalized spacial score (nSPS) is 9.83. The average molecular weight is 244 g/mol. The topological polar surface area (TPSA) is 46.3 Å². The number of hydrogen-bond acceptors (Lipinski definition) is 2. The molecule has 1 aromatic rings. The summed E-state index contributed by atoms with van der Waals surface area (Å²) < 4.78 is 0. The van der Waals surface area contributed by atoms with Crippen LogP contribution in [0.3, 0.4) is 0 Å². The zero-order valence-corrected chi connectivity index (χ0v) is 10.6. The zero-order chi connectivity index (χ0) is 13.4. The Bertz CT molecular complexity index is 416. The third-order valence-corrected chi connectivity index (χ3v) is 2.73. The first-order valence-electron chi connectivity index (χ1n) is 5.99. The van der Waals surface area contributed by atoms with Crippen LogP contribution in [0.4, 0.5) is 0 Å². The molecule has 2 N–H and O–H groups in total. The molecule has 0 unspecified atom stereocenters. The zero-order valence-electron chi connectivity index (χ0n) is 10.6. The van der Waals surface area contributed by atoms with Crippen LogP contribution in [0.5, 0.6) is 0 Å². The smallest absolute Gasteiger partial charge is 0.227 e. The predicted octanol–water partition coefficient (Wildman–Crippen LogP) is 1.89. The summed E-state index contributed by atoms with van der Waals surface area (Å²) in [6.45, 7) is 8.84. The molecule has 18 heavy (non-hydrogen) atoms. The lowest BCUT2D eigenvalue weighted by Crippen LogP contribution is -2.32. The Hall–Kier alpha value is -1.87. The Morgan fingerprint density at radius 1 is 1.17 bits per heavy atom. The van der Waals surface area contributed by atoms with Crippen LogP contribution in [0, 0.1) is 0 Å². The highest BCUT2D eigenvalue weighted by Crippen LogP contribution is 2.10. The second-order valence-electron chi connectivity index (χ2n) is 4.03. The molecule has 0 aliphatic rings. The van der Waals surface area contributed by atoms with Crippen molar-refractivity contribution in [1.29, 1.82) is 0 Å². The molecule has 0 radical (unpaired) electrons. The van der Waals surface area contributed by atoms with Crippen LogP contribution >= 0.6 is 0 Å². The fourth-order valence-electron chi connectivity index (χ4n) is 1.79. The van der Waals surface area contributed by atoms with E-state index in [1.165, 1.54) is 0 Å². The van der Waals surface area contributed by atoms with E-state index >= 15 is 0 Å². The first-order chi connectivity index (χ1) is 8.72. The maximum atomic E-state index is 12.2. The van der Waals surface area contributed by atoms with Gasteiger partial charge in [0.25, 0.3) is 0 Å². The van der Waals surface area contributed by atoms with Gasteiger partial charge in [0.2, 0.25) is 5.91 Å². The van der Waals surface area contributed by atoms with Crippen molar-refractivity contribution in [2.45, 2.75) is 13.0 Å². The van der Waals surface area contributed by atoms with Crippen molar-refractivity contribution >= 4 is 5.91 Å². The molecule has 0 bridgehead atoms. The maximum absolute atomic E-state index is 12.2. The SMILES string of the molecule is C=CCN(CC=C)C(=O)Cc1ccccc1CN. The molecule has 0 aliphatic carbocycles. The molecule has 1 aromatic carbocycles. The molecule has 0 fully saturated rings. The van der Waals surface area contributed by atoms with E-state index in [1.807, 2.05) is 24.3 Å². The van der Waals surface area contributed by atoms with Gasteiger partial charge in [-0.1, -0.05) is 36.4 Å². The van der Waals surface area contributed by atoms with Crippen LogP contribution in [-0.2, 0) is 17.8 Å². The molecule has 0 saturated heterocycles. The van der Waals surface area contributed by atoms with E-state index in [-0.39, 0.29) is 5.91 Å². The van der Waals surface area contributed by atoms with E-state index in [2.05, 4.69) is 13.2 Å². The van der Waals surface area contributed by atoms with Crippen LogP contribution in [0.25, 0.3) is 0 Å². The average Bonchev–Trinajstić information content (AvgIpc) is 2.39. The van der Waals surface area contributed by atoms with E-state index in [0.717, 1.165) is 11.1 Å². The summed E-state index contributed by atoms with van der Waals surface area (Å²) in [7, 11) is 0. The molecule has 1 rings (SSSR count). The van der Waals surface area contributed by atoms with Crippen LogP contribution in [0.15, 0.2) is 49.6 Å². The van der Waals surface area contributed by atoms with Gasteiger partial charge in [-0.25, -0.2) is 0 Å². The standard InChI is InChI=1S/C15H20N2O/c1-3-9-17(10-4-2)15(18)11-13-7-5-6-8-14(13)12-16/h3-8H,1-2,9-12,16H2. The van der Waals surface area contributed by atoms with Crippen LogP contribution in [-0.4, -0.2) is 23.9 Å². The second-order valence-corrected chi connectivity index (χ2v) is 4.03. The van der Waals surface area contributed by atoms with E-state index < -0.39 is 0 Å². The Balaban J connectivity index is 2.78. The fourth-order valence-corrected chi connectivity index (χ4v) is 1.79. The largest absolute Gasteiger partial charge is 0.335 e. The van der Waals surface area contributed by atoms with Crippen molar-refractivity contribution < 1.29 is 4.79 Å². The minimum absolute atomic E-state index is 0.0655. The van der Waals surface area contributed by atoms with Gasteiger partial charge in [-0.05, 0) is 11.1 Å². The van der Waals surface area contributed by atoms with Crippen molar-refractivity contribution in [3.05, 3.63) is 60.7 Å². The molecular weight excluding hydrogens is 224 g/mol. The molecule has 0 atom stereocenters. The van der Waals surface area contributed by atoms with Gasteiger partial charge in [-0.3, -0.25) is 4.79 Å². The van der Waals surface area contributed by atoms with Gasteiger partial charge in [0.15, 0.2) is 0 Å². The number of rotatable bonds is 7. The number of benzene rings is 1. The Labute approximate surface area is 109 Å². The van der Waals surface area contributed by atoms with Gasteiger partial charge < -0.3 is 10.6 Å². The quantitative estimate of drug-likeness (QED) is 0.744. The number of hydrogen-bond donors (Lipinski definition) is 1. The first-order valence-corrected chi connectivity index (χ1v) is 5.99. The van der Waals surface area contributed by atoms with E-state index in [1.54, 1.807) is 17.1 Å². The summed E-state index contributed by atoms with van der Waals surface area (Å²) in [5, 5.41) is 0. The Morgan fingerprint density at radius 3 is 2.22 bits per heavy atom. The van der Waals surface area contributed by atoms with Crippen molar-refractivity contribution in [3.8, 4) is 0 Å². The lowest BCUT2D eigenvalue weighted by Gasteiger charge is -2.20. The number of amides is 1. The molecule has 1 amide bonds. The number of carbonyl (C=O) groups excluding carboxylic acids is 1. The third-order valence-electron chi connectivity index (χ3n) is 2.73. The molecule has 0 heterocycles. The van der Waals surface area contributed by atoms with Gasteiger partial charge in [0, 0.05) is 19.6 Å². The van der Waals surface area contributed by atoms with Crippen LogP contribution in [0.2, 0.25) is 0 Å². The lowest BCUT2D eigenvalue weighted by atomic mass is 10.0. The number of nitrogens with two attached hydrogens (primary N) is 1.